The first kappa shape index (κ1) is 6.99. The molecule has 1 aromatic rings. The molecule has 0 amide bonds. The first-order valence-corrected chi connectivity index (χ1v) is 2.82. The van der Waals surface area contributed by atoms with Crippen molar-refractivity contribution in [2.45, 2.75) is 0 Å². The summed E-state index contributed by atoms with van der Waals surface area (Å²) in [5.41, 5.74) is 0.339. The molecule has 0 unspecified atom stereocenters. The van der Waals surface area contributed by atoms with E-state index < -0.39 is 0 Å². The normalized spacial score (nSPS) is 9.40. The quantitative estimate of drug-likeness (QED) is 0.449. The Hall–Kier alpha value is -1.13. The fourth-order valence-electron chi connectivity index (χ4n) is 0.483. The van der Waals surface area contributed by atoms with Crippen molar-refractivity contribution < 1.29 is 0 Å². The molecule has 0 aromatic carbocycles. The number of aromatic nitrogens is 3. The minimum Gasteiger partial charge on any atom is -0.346 e. The molecule has 50 valence electrons. The van der Waals surface area contributed by atoms with Gasteiger partial charge in [0.15, 0.2) is 0 Å². The van der Waals surface area contributed by atoms with Crippen molar-refractivity contribution in [3.63, 3.8) is 0 Å². The van der Waals surface area contributed by atoms with Crippen molar-refractivity contribution in [3.8, 4) is 0 Å². The molecule has 0 spiro atoms. The molecule has 0 aliphatic rings. The lowest BCUT2D eigenvalue weighted by Gasteiger charge is -2.07. The van der Waals surface area contributed by atoms with E-state index in [1.54, 1.807) is 4.90 Å². The summed E-state index contributed by atoms with van der Waals surface area (Å²) < 4.78 is 0. The summed E-state index contributed by atoms with van der Waals surface area (Å²) in [7, 11) is 8.95. The van der Waals surface area contributed by atoms with Gasteiger partial charge < -0.3 is 4.90 Å². The van der Waals surface area contributed by atoms with Gasteiger partial charge in [-0.2, -0.15) is 5.10 Å². The largest absolute Gasteiger partial charge is 0.346 e. The zero-order valence-corrected chi connectivity index (χ0v) is 5.94. The van der Waals surface area contributed by atoms with E-state index in [0.717, 1.165) is 0 Å². The van der Waals surface area contributed by atoms with Crippen LogP contribution >= 0.6 is 0 Å². The predicted molar refractivity (Wildman–Crippen MR) is 39.5 cm³/mol. The summed E-state index contributed by atoms with van der Waals surface area (Å²) in [5, 5.41) is 7.34. The average Bonchev–Trinajstić information content (AvgIpc) is 1.88. The molecule has 2 radical (unpaired) electrons. The third kappa shape index (κ3) is 1.43. The highest BCUT2D eigenvalue weighted by atomic mass is 15.3. The lowest BCUT2D eigenvalue weighted by molar-refractivity contribution is 0.923. The number of hydrogen-bond donors (Lipinski definition) is 0. The van der Waals surface area contributed by atoms with Crippen molar-refractivity contribution in [1.29, 1.82) is 0 Å². The van der Waals surface area contributed by atoms with Crippen LogP contribution in [0.15, 0.2) is 6.20 Å². The Morgan fingerprint density at radius 3 is 2.50 bits per heavy atom. The molecule has 0 atom stereocenters. The maximum Gasteiger partial charge on any atom is 0.244 e. The Bertz CT molecular complexity index is 207. The predicted octanol–water partition coefficient (Wildman–Crippen LogP) is -1.27. The highest BCUT2D eigenvalue weighted by molar-refractivity contribution is 6.30. The highest BCUT2D eigenvalue weighted by Gasteiger charge is 1.95. The van der Waals surface area contributed by atoms with Crippen LogP contribution in [0.25, 0.3) is 0 Å². The van der Waals surface area contributed by atoms with Crippen molar-refractivity contribution in [1.82, 2.24) is 15.2 Å². The van der Waals surface area contributed by atoms with Crippen molar-refractivity contribution in [2.75, 3.05) is 19.0 Å². The van der Waals surface area contributed by atoms with Crippen LogP contribution in [0.3, 0.4) is 0 Å². The molecular formula is C5H7BN4. The summed E-state index contributed by atoms with van der Waals surface area (Å²) in [6, 6.07) is 0. The van der Waals surface area contributed by atoms with E-state index >= 15 is 0 Å². The van der Waals surface area contributed by atoms with E-state index in [9.17, 15) is 0 Å². The molecule has 10 heavy (non-hydrogen) atoms. The number of rotatable bonds is 1. The molecule has 0 saturated heterocycles. The van der Waals surface area contributed by atoms with Crippen LogP contribution in [0.1, 0.15) is 0 Å². The molecule has 1 rings (SSSR count). The van der Waals surface area contributed by atoms with E-state index in [1.807, 2.05) is 14.1 Å². The van der Waals surface area contributed by atoms with Crippen molar-refractivity contribution in [2.24, 2.45) is 0 Å². The van der Waals surface area contributed by atoms with E-state index in [2.05, 4.69) is 15.2 Å². The van der Waals surface area contributed by atoms with Crippen LogP contribution in [-0.2, 0) is 0 Å². The molecule has 0 saturated carbocycles. The van der Waals surface area contributed by atoms with Gasteiger partial charge in [-0.1, -0.05) is 0 Å². The van der Waals surface area contributed by atoms with Gasteiger partial charge in [0, 0.05) is 25.9 Å². The fraction of sp³-hybridized carbons (Fsp3) is 0.400. The first-order valence-electron chi connectivity index (χ1n) is 2.82. The summed E-state index contributed by atoms with van der Waals surface area (Å²) in [6.45, 7) is 0. The Morgan fingerprint density at radius 2 is 2.10 bits per heavy atom. The van der Waals surface area contributed by atoms with Crippen molar-refractivity contribution in [3.05, 3.63) is 6.20 Å². The smallest absolute Gasteiger partial charge is 0.244 e. The van der Waals surface area contributed by atoms with Crippen LogP contribution in [0.5, 0.6) is 0 Å². The van der Waals surface area contributed by atoms with Crippen LogP contribution in [-0.4, -0.2) is 37.1 Å². The Morgan fingerprint density at radius 1 is 1.40 bits per heavy atom. The van der Waals surface area contributed by atoms with Gasteiger partial charge in [-0.05, 0) is 0 Å². The summed E-state index contributed by atoms with van der Waals surface area (Å²) in [4.78, 5) is 5.66. The fourth-order valence-corrected chi connectivity index (χ4v) is 0.483. The van der Waals surface area contributed by atoms with Gasteiger partial charge in [-0.15, -0.1) is 5.10 Å². The van der Waals surface area contributed by atoms with Gasteiger partial charge in [0.2, 0.25) is 5.95 Å². The van der Waals surface area contributed by atoms with E-state index in [1.165, 1.54) is 6.20 Å². The minimum atomic E-state index is 0.339. The second-order valence-electron chi connectivity index (χ2n) is 2.08. The maximum atomic E-state index is 5.27. The first-order chi connectivity index (χ1) is 4.70. The molecule has 0 bridgehead atoms. The van der Waals surface area contributed by atoms with Crippen LogP contribution in [0.2, 0.25) is 0 Å². The molecule has 4 nitrogen and oxygen atoms in total. The van der Waals surface area contributed by atoms with Gasteiger partial charge in [-0.3, -0.25) is 0 Å². The lowest BCUT2D eigenvalue weighted by Crippen LogP contribution is -2.18. The third-order valence-electron chi connectivity index (χ3n) is 0.967. The van der Waals surface area contributed by atoms with Gasteiger partial charge >= 0.3 is 0 Å². The van der Waals surface area contributed by atoms with E-state index in [4.69, 9.17) is 7.85 Å². The molecule has 0 N–H and O–H groups in total. The lowest BCUT2D eigenvalue weighted by atomic mass is 10.1. The Labute approximate surface area is 60.7 Å². The molecule has 0 aliphatic heterocycles. The summed E-state index contributed by atoms with van der Waals surface area (Å²) in [5.74, 6) is 0.564. The zero-order valence-electron chi connectivity index (χ0n) is 5.94. The van der Waals surface area contributed by atoms with Crippen LogP contribution < -0.4 is 10.5 Å². The summed E-state index contributed by atoms with van der Waals surface area (Å²) >= 11 is 0. The molecule has 0 aliphatic carbocycles. The topological polar surface area (TPSA) is 41.9 Å². The van der Waals surface area contributed by atoms with Crippen LogP contribution in [0, 0.1) is 0 Å². The molecule has 0 fully saturated rings. The Kier molecular flexibility index (Phi) is 1.84. The van der Waals surface area contributed by atoms with Gasteiger partial charge in [0.05, 0.1) is 0 Å². The Balaban J connectivity index is 2.89. The second kappa shape index (κ2) is 2.64. The minimum absolute atomic E-state index is 0.339. The molecule has 5 heteroatoms. The monoisotopic (exact) mass is 134 g/mol. The van der Waals surface area contributed by atoms with Gasteiger partial charge in [-0.25, -0.2) is 4.98 Å². The van der Waals surface area contributed by atoms with Crippen molar-refractivity contribution >= 4 is 19.4 Å². The van der Waals surface area contributed by atoms with E-state index in [0.29, 0.717) is 11.5 Å². The standard InChI is InChI=1S/C5H7BN4/c1-10(2)5-7-3-4(6)8-9-5/h3H,1-2H3. The third-order valence-corrected chi connectivity index (χ3v) is 0.967. The SMILES string of the molecule is [B]c1cnc(N(C)C)nn1. The second-order valence-corrected chi connectivity index (χ2v) is 2.08. The number of hydrogen-bond acceptors (Lipinski definition) is 4. The summed E-state index contributed by atoms with van der Waals surface area (Å²) in [6.07, 6.45) is 1.47. The highest BCUT2D eigenvalue weighted by Crippen LogP contribution is 1.93. The maximum absolute atomic E-state index is 5.27. The molecular weight excluding hydrogens is 127 g/mol. The van der Waals surface area contributed by atoms with Gasteiger partial charge in [0.1, 0.15) is 7.85 Å². The van der Waals surface area contributed by atoms with E-state index in [-0.39, 0.29) is 0 Å². The van der Waals surface area contributed by atoms with Crippen LogP contribution in [0.4, 0.5) is 5.95 Å². The zero-order chi connectivity index (χ0) is 7.56. The molecule has 1 aromatic heterocycles. The molecule has 1 heterocycles. The number of anilines is 1. The average molecular weight is 134 g/mol. The van der Waals surface area contributed by atoms with Gasteiger partial charge in [0.25, 0.3) is 0 Å². The number of nitrogens with zero attached hydrogens (tertiary/aromatic N) is 4.